The van der Waals surface area contributed by atoms with Crippen molar-refractivity contribution in [3.8, 4) is 11.5 Å². The van der Waals surface area contributed by atoms with Crippen molar-refractivity contribution in [1.82, 2.24) is 5.32 Å². The van der Waals surface area contributed by atoms with Crippen LogP contribution in [0.5, 0.6) is 11.5 Å². The van der Waals surface area contributed by atoms with Gasteiger partial charge < -0.3 is 29.6 Å². The predicted octanol–water partition coefficient (Wildman–Crippen LogP) is 3.92. The summed E-state index contributed by atoms with van der Waals surface area (Å²) in [5, 5.41) is 6.65. The summed E-state index contributed by atoms with van der Waals surface area (Å²) in [4.78, 5) is 4.65. The van der Waals surface area contributed by atoms with Crippen LogP contribution in [0.4, 0.5) is 5.69 Å². The Kier molecular flexibility index (Phi) is 13.8. The number of aliphatic imine (C=N–C) groups is 1. The Hall–Kier alpha value is -1.26. The van der Waals surface area contributed by atoms with Crippen LogP contribution in [0.2, 0.25) is 0 Å². The number of guanidine groups is 1. The summed E-state index contributed by atoms with van der Waals surface area (Å²) in [5.74, 6) is 2.82. The number of hydrogen-bond acceptors (Lipinski definition) is 5. The highest BCUT2D eigenvalue weighted by Crippen LogP contribution is 2.32. The number of benzene rings is 1. The summed E-state index contributed by atoms with van der Waals surface area (Å²) in [5.41, 5.74) is 0.906. The lowest BCUT2D eigenvalue weighted by Crippen LogP contribution is -2.33. The highest BCUT2D eigenvalue weighted by atomic mass is 127. The van der Waals surface area contributed by atoms with Crippen LogP contribution in [0.3, 0.4) is 0 Å². The van der Waals surface area contributed by atoms with E-state index in [9.17, 15) is 0 Å². The minimum atomic E-state index is 0. The number of nitrogens with one attached hydrogen (secondary N) is 2. The molecule has 1 aliphatic rings. The Bertz CT molecular complexity index is 599. The van der Waals surface area contributed by atoms with Crippen molar-refractivity contribution in [2.24, 2.45) is 10.9 Å². The molecule has 1 heterocycles. The molecule has 0 fully saturated rings. The van der Waals surface area contributed by atoms with Gasteiger partial charge in [-0.1, -0.05) is 13.8 Å². The molecule has 0 spiro atoms. The molecular formula is C21H36IN3O4. The third kappa shape index (κ3) is 10.9. The number of halogens is 1. The molecule has 0 radical (unpaired) electrons. The number of ether oxygens (including phenoxy) is 4. The van der Waals surface area contributed by atoms with Crippen molar-refractivity contribution in [2.75, 3.05) is 58.0 Å². The lowest BCUT2D eigenvalue weighted by atomic mass is 10.2. The Morgan fingerprint density at radius 1 is 1.14 bits per heavy atom. The summed E-state index contributed by atoms with van der Waals surface area (Å²) in [7, 11) is 0. The van der Waals surface area contributed by atoms with E-state index in [4.69, 9.17) is 18.9 Å². The van der Waals surface area contributed by atoms with Gasteiger partial charge in [0.05, 0.1) is 19.8 Å². The van der Waals surface area contributed by atoms with Crippen LogP contribution in [-0.2, 0) is 9.47 Å². The fraction of sp³-hybridized carbons (Fsp3) is 0.667. The molecule has 2 N–H and O–H groups in total. The molecule has 0 amide bonds. The highest BCUT2D eigenvalue weighted by Gasteiger charge is 2.11. The van der Waals surface area contributed by atoms with Gasteiger partial charge in [0, 0.05) is 51.1 Å². The summed E-state index contributed by atoms with van der Waals surface area (Å²) >= 11 is 0. The van der Waals surface area contributed by atoms with Crippen LogP contribution in [0.1, 0.15) is 33.6 Å². The molecule has 0 atom stereocenters. The van der Waals surface area contributed by atoms with Crippen LogP contribution in [0.15, 0.2) is 23.2 Å². The SMILES string of the molecule is CCOCCNC(=NCCCOCC(C)C)Nc1ccc2c(c1)OCCCO2.I. The van der Waals surface area contributed by atoms with Crippen molar-refractivity contribution in [3.63, 3.8) is 0 Å². The van der Waals surface area contributed by atoms with Crippen LogP contribution in [-0.4, -0.2) is 58.7 Å². The fourth-order valence-electron chi connectivity index (χ4n) is 2.58. The van der Waals surface area contributed by atoms with Crippen molar-refractivity contribution in [2.45, 2.75) is 33.6 Å². The molecule has 166 valence electrons. The zero-order valence-corrected chi connectivity index (χ0v) is 20.2. The van der Waals surface area contributed by atoms with E-state index in [-0.39, 0.29) is 24.0 Å². The molecule has 7 nitrogen and oxygen atoms in total. The van der Waals surface area contributed by atoms with Gasteiger partial charge >= 0.3 is 0 Å². The number of fused-ring (bicyclic) bond motifs is 1. The molecule has 0 aliphatic carbocycles. The summed E-state index contributed by atoms with van der Waals surface area (Å²) < 4.78 is 22.5. The average Bonchev–Trinajstić information content (AvgIpc) is 2.92. The predicted molar refractivity (Wildman–Crippen MR) is 128 cm³/mol. The molecule has 0 bridgehead atoms. The molecule has 0 aromatic heterocycles. The number of anilines is 1. The van der Waals surface area contributed by atoms with Gasteiger partial charge in [0.25, 0.3) is 0 Å². The van der Waals surface area contributed by atoms with E-state index < -0.39 is 0 Å². The molecular weight excluding hydrogens is 485 g/mol. The van der Waals surface area contributed by atoms with Gasteiger partial charge in [-0.25, -0.2) is 0 Å². The van der Waals surface area contributed by atoms with E-state index in [2.05, 4.69) is 29.5 Å². The van der Waals surface area contributed by atoms with Gasteiger partial charge in [-0.05, 0) is 31.4 Å². The minimum Gasteiger partial charge on any atom is -0.490 e. The normalized spacial score (nSPS) is 13.6. The molecule has 1 aromatic rings. The minimum absolute atomic E-state index is 0. The van der Waals surface area contributed by atoms with Gasteiger partial charge in [-0.3, -0.25) is 4.99 Å². The number of nitrogens with zero attached hydrogens (tertiary/aromatic N) is 1. The van der Waals surface area contributed by atoms with Crippen LogP contribution in [0, 0.1) is 5.92 Å². The first kappa shape index (κ1) is 25.8. The Morgan fingerprint density at radius 2 is 1.93 bits per heavy atom. The van der Waals surface area contributed by atoms with Gasteiger partial charge in [-0.15, -0.1) is 24.0 Å². The van der Waals surface area contributed by atoms with Gasteiger partial charge in [-0.2, -0.15) is 0 Å². The summed E-state index contributed by atoms with van der Waals surface area (Å²) in [6.07, 6.45) is 1.77. The monoisotopic (exact) mass is 521 g/mol. The Balaban J connectivity index is 0.00000420. The Labute approximate surface area is 191 Å². The summed E-state index contributed by atoms with van der Waals surface area (Å²) in [6.45, 7) is 11.9. The van der Waals surface area contributed by atoms with Crippen molar-refractivity contribution < 1.29 is 18.9 Å². The van der Waals surface area contributed by atoms with Crippen LogP contribution >= 0.6 is 24.0 Å². The molecule has 2 rings (SSSR count). The fourth-order valence-corrected chi connectivity index (χ4v) is 2.58. The zero-order valence-electron chi connectivity index (χ0n) is 17.9. The van der Waals surface area contributed by atoms with Crippen LogP contribution < -0.4 is 20.1 Å². The van der Waals surface area contributed by atoms with E-state index in [1.807, 2.05) is 25.1 Å². The topological polar surface area (TPSA) is 73.3 Å². The van der Waals surface area contributed by atoms with E-state index in [1.54, 1.807) is 0 Å². The highest BCUT2D eigenvalue weighted by molar-refractivity contribution is 14.0. The van der Waals surface area contributed by atoms with Gasteiger partial charge in [0.15, 0.2) is 17.5 Å². The maximum absolute atomic E-state index is 5.77. The lowest BCUT2D eigenvalue weighted by molar-refractivity contribution is 0.109. The smallest absolute Gasteiger partial charge is 0.195 e. The van der Waals surface area contributed by atoms with Gasteiger partial charge in [0.2, 0.25) is 0 Å². The van der Waals surface area contributed by atoms with E-state index in [1.165, 1.54) is 0 Å². The summed E-state index contributed by atoms with van der Waals surface area (Å²) in [6, 6.07) is 5.85. The Morgan fingerprint density at radius 3 is 2.69 bits per heavy atom. The standard InChI is InChI=1S/C21H35N3O4.HI/c1-4-25-14-10-23-21(22-9-5-11-26-16-17(2)3)24-18-7-8-19-20(15-18)28-13-6-12-27-19;/h7-8,15,17H,4-6,9-14,16H2,1-3H3,(H2,22,23,24);1H. The van der Waals surface area contributed by atoms with E-state index in [0.29, 0.717) is 45.4 Å². The van der Waals surface area contributed by atoms with Crippen LogP contribution in [0.25, 0.3) is 0 Å². The van der Waals surface area contributed by atoms with Crippen molar-refractivity contribution >= 4 is 35.6 Å². The molecule has 0 unspecified atom stereocenters. The second-order valence-electron chi connectivity index (χ2n) is 7.01. The quantitative estimate of drug-likeness (QED) is 0.199. The first-order valence-corrected chi connectivity index (χ1v) is 10.3. The molecule has 29 heavy (non-hydrogen) atoms. The van der Waals surface area contributed by atoms with Crippen molar-refractivity contribution in [3.05, 3.63) is 18.2 Å². The third-order valence-electron chi connectivity index (χ3n) is 3.92. The van der Waals surface area contributed by atoms with E-state index in [0.717, 1.165) is 49.2 Å². The second-order valence-corrected chi connectivity index (χ2v) is 7.01. The average molecular weight is 521 g/mol. The largest absolute Gasteiger partial charge is 0.490 e. The molecule has 0 saturated heterocycles. The molecule has 0 saturated carbocycles. The first-order valence-electron chi connectivity index (χ1n) is 10.3. The number of hydrogen-bond donors (Lipinski definition) is 2. The lowest BCUT2D eigenvalue weighted by Gasteiger charge is -2.15. The molecule has 1 aromatic carbocycles. The first-order chi connectivity index (χ1) is 13.7. The second kappa shape index (κ2) is 15.6. The number of rotatable bonds is 11. The molecule has 8 heteroatoms. The van der Waals surface area contributed by atoms with Crippen molar-refractivity contribution in [1.29, 1.82) is 0 Å². The maximum atomic E-state index is 5.77. The third-order valence-corrected chi connectivity index (χ3v) is 3.92. The molecule has 1 aliphatic heterocycles. The zero-order chi connectivity index (χ0) is 20.0. The van der Waals surface area contributed by atoms with Gasteiger partial charge in [0.1, 0.15) is 0 Å². The van der Waals surface area contributed by atoms with E-state index >= 15 is 0 Å². The maximum Gasteiger partial charge on any atom is 0.195 e.